The van der Waals surface area contributed by atoms with Gasteiger partial charge in [0.25, 0.3) is 0 Å². The number of nitrogens with one attached hydrogen (secondary N) is 1. The quantitative estimate of drug-likeness (QED) is 0.374. The first kappa shape index (κ1) is 19.1. The lowest BCUT2D eigenvalue weighted by Crippen LogP contribution is -1.97. The first-order valence-electron chi connectivity index (χ1n) is 8.87. The number of aromatic nitrogens is 2. The van der Waals surface area contributed by atoms with Gasteiger partial charge in [-0.1, -0.05) is 53.5 Å². The van der Waals surface area contributed by atoms with Gasteiger partial charge in [0.1, 0.15) is 24.3 Å². The minimum atomic E-state index is 0.250. The molecule has 142 valence electrons. The van der Waals surface area contributed by atoms with Crippen molar-refractivity contribution < 1.29 is 4.74 Å². The second-order valence-electron chi connectivity index (χ2n) is 6.33. The van der Waals surface area contributed by atoms with Crippen molar-refractivity contribution in [2.75, 3.05) is 0 Å². The Labute approximate surface area is 178 Å². The second kappa shape index (κ2) is 8.40. The van der Waals surface area contributed by atoms with Gasteiger partial charge < -0.3 is 9.72 Å². The van der Waals surface area contributed by atoms with Crippen molar-refractivity contribution >= 4 is 45.9 Å². The predicted octanol–water partition coefficient (Wildman–Crippen LogP) is 6.51. The highest BCUT2D eigenvalue weighted by atomic mass is 35.5. The summed E-state index contributed by atoms with van der Waals surface area (Å²) >= 11 is 12.4. The molecule has 6 heteroatoms. The number of rotatable bonds is 5. The van der Waals surface area contributed by atoms with Gasteiger partial charge in [0.2, 0.25) is 0 Å². The summed E-state index contributed by atoms with van der Waals surface area (Å²) in [7, 11) is 0. The Morgan fingerprint density at radius 3 is 2.55 bits per heavy atom. The molecule has 0 aliphatic rings. The van der Waals surface area contributed by atoms with E-state index in [0.717, 1.165) is 22.2 Å². The van der Waals surface area contributed by atoms with Gasteiger partial charge in [-0.3, -0.25) is 0 Å². The van der Waals surface area contributed by atoms with Gasteiger partial charge >= 0.3 is 0 Å². The number of nitriles is 1. The van der Waals surface area contributed by atoms with Crippen molar-refractivity contribution in [3.63, 3.8) is 0 Å². The van der Waals surface area contributed by atoms with Crippen LogP contribution in [0.5, 0.6) is 5.75 Å². The molecule has 0 fully saturated rings. The highest BCUT2D eigenvalue weighted by Gasteiger charge is 2.09. The summed E-state index contributed by atoms with van der Waals surface area (Å²) < 4.78 is 5.86. The summed E-state index contributed by atoms with van der Waals surface area (Å²) in [5.74, 6) is 1.18. The first-order chi connectivity index (χ1) is 14.1. The summed E-state index contributed by atoms with van der Waals surface area (Å²) in [6, 6.07) is 22.7. The van der Waals surface area contributed by atoms with Gasteiger partial charge in [-0.25, -0.2) is 4.98 Å². The second-order valence-corrected chi connectivity index (χ2v) is 7.15. The van der Waals surface area contributed by atoms with Crippen LogP contribution in [0.15, 0.2) is 66.7 Å². The van der Waals surface area contributed by atoms with Crippen molar-refractivity contribution in [1.29, 1.82) is 5.26 Å². The zero-order valence-electron chi connectivity index (χ0n) is 15.2. The normalized spacial score (nSPS) is 11.4. The maximum absolute atomic E-state index is 9.61. The fourth-order valence-corrected chi connectivity index (χ4v) is 3.43. The Bertz CT molecular complexity index is 1200. The van der Waals surface area contributed by atoms with Crippen LogP contribution in [0.2, 0.25) is 10.0 Å². The number of hydrogen-bond acceptors (Lipinski definition) is 3. The predicted molar refractivity (Wildman–Crippen MR) is 117 cm³/mol. The van der Waals surface area contributed by atoms with Gasteiger partial charge in [0.15, 0.2) is 0 Å². The number of para-hydroxylation sites is 2. The van der Waals surface area contributed by atoms with Gasteiger partial charge in [0.05, 0.1) is 16.6 Å². The van der Waals surface area contributed by atoms with Crippen LogP contribution in [0.3, 0.4) is 0 Å². The minimum Gasteiger partial charge on any atom is -0.489 e. The molecule has 0 radical (unpaired) electrons. The molecule has 1 heterocycles. The summed E-state index contributed by atoms with van der Waals surface area (Å²) in [5, 5.41) is 10.7. The van der Waals surface area contributed by atoms with E-state index in [1.165, 1.54) is 0 Å². The molecule has 0 bridgehead atoms. The van der Waals surface area contributed by atoms with Crippen molar-refractivity contribution in [2.45, 2.75) is 6.61 Å². The Kier molecular flexibility index (Phi) is 5.53. The number of imidazole rings is 1. The fourth-order valence-electron chi connectivity index (χ4n) is 2.92. The molecule has 0 atom stereocenters. The topological polar surface area (TPSA) is 61.7 Å². The largest absolute Gasteiger partial charge is 0.489 e. The SMILES string of the molecule is N#C/C(=C\c1cccc(OCc2c(Cl)cccc2Cl)c1)c1nc2ccccc2[nH]1. The molecule has 0 aliphatic carbocycles. The van der Waals surface area contributed by atoms with Gasteiger partial charge in [-0.05, 0) is 48.0 Å². The number of ether oxygens (including phenoxy) is 1. The summed E-state index contributed by atoms with van der Waals surface area (Å²) in [4.78, 5) is 7.67. The third-order valence-corrected chi connectivity index (χ3v) is 5.09. The smallest absolute Gasteiger partial charge is 0.149 e. The molecule has 4 nitrogen and oxygen atoms in total. The molecular weight excluding hydrogens is 405 g/mol. The zero-order valence-corrected chi connectivity index (χ0v) is 16.7. The highest BCUT2D eigenvalue weighted by Crippen LogP contribution is 2.27. The van der Waals surface area contributed by atoms with Crippen molar-refractivity contribution in [3.8, 4) is 11.8 Å². The number of aromatic amines is 1. The molecule has 0 unspecified atom stereocenters. The van der Waals surface area contributed by atoms with E-state index < -0.39 is 0 Å². The Balaban J connectivity index is 1.58. The molecule has 0 aliphatic heterocycles. The van der Waals surface area contributed by atoms with Crippen LogP contribution in [0.1, 0.15) is 17.0 Å². The first-order valence-corrected chi connectivity index (χ1v) is 9.62. The van der Waals surface area contributed by atoms with Gasteiger partial charge in [-0.15, -0.1) is 0 Å². The van der Waals surface area contributed by atoms with E-state index in [4.69, 9.17) is 27.9 Å². The molecule has 4 aromatic rings. The van der Waals surface area contributed by atoms with Crippen LogP contribution in [-0.2, 0) is 6.61 Å². The van der Waals surface area contributed by atoms with E-state index >= 15 is 0 Å². The van der Waals surface area contributed by atoms with E-state index in [0.29, 0.717) is 27.2 Å². The van der Waals surface area contributed by atoms with E-state index in [2.05, 4.69) is 16.0 Å². The summed E-state index contributed by atoms with van der Waals surface area (Å²) in [6.45, 7) is 0.250. The minimum absolute atomic E-state index is 0.250. The molecule has 0 spiro atoms. The lowest BCUT2D eigenvalue weighted by Gasteiger charge is -2.10. The maximum atomic E-state index is 9.61. The molecule has 4 rings (SSSR count). The monoisotopic (exact) mass is 419 g/mol. The van der Waals surface area contributed by atoms with Crippen LogP contribution in [0.25, 0.3) is 22.7 Å². The number of fused-ring (bicyclic) bond motifs is 1. The molecule has 1 N–H and O–H groups in total. The number of H-pyrrole nitrogens is 1. The average molecular weight is 420 g/mol. The van der Waals surface area contributed by atoms with E-state index in [9.17, 15) is 5.26 Å². The third-order valence-electron chi connectivity index (χ3n) is 4.38. The number of allylic oxidation sites excluding steroid dienone is 1. The van der Waals surface area contributed by atoms with Gasteiger partial charge in [-0.2, -0.15) is 5.26 Å². The van der Waals surface area contributed by atoms with E-state index in [1.807, 2.05) is 48.5 Å². The number of nitrogens with zero attached hydrogens (tertiary/aromatic N) is 2. The van der Waals surface area contributed by atoms with Crippen LogP contribution >= 0.6 is 23.2 Å². The average Bonchev–Trinajstić information content (AvgIpc) is 3.16. The molecule has 3 aromatic carbocycles. The molecule has 1 aromatic heterocycles. The van der Waals surface area contributed by atoms with E-state index in [-0.39, 0.29) is 6.61 Å². The third kappa shape index (κ3) is 4.27. The standard InChI is InChI=1S/C23H15Cl2N3O/c24-19-7-4-8-20(25)18(19)14-29-17-6-3-5-15(12-17)11-16(13-26)23-27-21-9-1-2-10-22(21)28-23/h1-12H,14H2,(H,27,28)/b16-11+. The number of benzene rings is 3. The van der Waals surface area contributed by atoms with Crippen molar-refractivity contribution in [1.82, 2.24) is 9.97 Å². The Morgan fingerprint density at radius 2 is 1.79 bits per heavy atom. The maximum Gasteiger partial charge on any atom is 0.149 e. The molecule has 0 saturated carbocycles. The summed E-state index contributed by atoms with van der Waals surface area (Å²) in [5.41, 5.74) is 3.70. The van der Waals surface area contributed by atoms with Crippen LogP contribution in [0, 0.1) is 11.3 Å². The molecule has 0 saturated heterocycles. The van der Waals surface area contributed by atoms with Crippen LogP contribution in [0.4, 0.5) is 0 Å². The van der Waals surface area contributed by atoms with Crippen molar-refractivity contribution in [2.24, 2.45) is 0 Å². The zero-order chi connectivity index (χ0) is 20.2. The molecular formula is C23H15Cl2N3O. The number of hydrogen-bond donors (Lipinski definition) is 1. The lowest BCUT2D eigenvalue weighted by molar-refractivity contribution is 0.306. The molecule has 0 amide bonds. The molecule has 29 heavy (non-hydrogen) atoms. The lowest BCUT2D eigenvalue weighted by atomic mass is 10.1. The van der Waals surface area contributed by atoms with Gasteiger partial charge in [0, 0.05) is 15.6 Å². The highest BCUT2D eigenvalue weighted by molar-refractivity contribution is 6.35. The van der Waals surface area contributed by atoms with Crippen LogP contribution in [-0.4, -0.2) is 9.97 Å². The van der Waals surface area contributed by atoms with Crippen molar-refractivity contribution in [3.05, 3.63) is 93.7 Å². The number of halogens is 2. The van der Waals surface area contributed by atoms with E-state index in [1.54, 1.807) is 24.3 Å². The van der Waals surface area contributed by atoms with Crippen LogP contribution < -0.4 is 4.74 Å². The Morgan fingerprint density at radius 1 is 1.03 bits per heavy atom. The summed E-state index contributed by atoms with van der Waals surface area (Å²) in [6.07, 6.45) is 1.77. The Hall–Kier alpha value is -3.26. The fraction of sp³-hybridized carbons (Fsp3) is 0.0435.